The molecule has 0 aliphatic rings. The first-order valence-electron chi connectivity index (χ1n) is 15.7. The van der Waals surface area contributed by atoms with Gasteiger partial charge in [-0.25, -0.2) is 4.79 Å². The maximum absolute atomic E-state index is 14.7. The molecule has 0 heterocycles. The van der Waals surface area contributed by atoms with Crippen molar-refractivity contribution in [1.29, 1.82) is 0 Å². The van der Waals surface area contributed by atoms with Crippen LogP contribution in [0.5, 0.6) is 0 Å². The van der Waals surface area contributed by atoms with Gasteiger partial charge in [-0.3, -0.25) is 9.59 Å². The predicted molar refractivity (Wildman–Crippen MR) is 176 cm³/mol. The van der Waals surface area contributed by atoms with Crippen LogP contribution in [0.1, 0.15) is 87.2 Å². The summed E-state index contributed by atoms with van der Waals surface area (Å²) in [5, 5.41) is 5.95. The van der Waals surface area contributed by atoms with Crippen LogP contribution >= 0.6 is 0 Å². The third kappa shape index (κ3) is 10.5. The van der Waals surface area contributed by atoms with Gasteiger partial charge < -0.3 is 20.3 Å². The number of alkyl carbamates (subject to hydrolysis) is 1. The van der Waals surface area contributed by atoms with E-state index in [1.54, 1.807) is 25.7 Å². The second-order valence-electron chi connectivity index (χ2n) is 12.4. The summed E-state index contributed by atoms with van der Waals surface area (Å²) < 4.78 is 5.56. The molecule has 0 aliphatic heterocycles. The number of rotatable bonds is 14. The Labute approximate surface area is 263 Å². The largest absolute Gasteiger partial charge is 0.444 e. The van der Waals surface area contributed by atoms with E-state index in [0.29, 0.717) is 13.1 Å². The fraction of sp³-hybridized carbons (Fsp3) is 0.432. The molecule has 0 spiro atoms. The van der Waals surface area contributed by atoms with Crippen LogP contribution in [-0.4, -0.2) is 41.0 Å². The predicted octanol–water partition coefficient (Wildman–Crippen LogP) is 7.21. The molecule has 2 N–H and O–H groups in total. The number of carbonyl (C=O) groups excluding carboxylic acids is 3. The minimum atomic E-state index is -0.937. The highest BCUT2D eigenvalue weighted by Crippen LogP contribution is 2.28. The van der Waals surface area contributed by atoms with Crippen molar-refractivity contribution in [1.82, 2.24) is 15.5 Å². The Bertz CT molecular complexity index is 1350. The van der Waals surface area contributed by atoms with Crippen LogP contribution in [0, 0.1) is 13.8 Å². The molecule has 3 amide bonds. The first-order valence-corrected chi connectivity index (χ1v) is 15.7. The average molecular weight is 600 g/mol. The maximum atomic E-state index is 14.7. The zero-order valence-corrected chi connectivity index (χ0v) is 27.2. The van der Waals surface area contributed by atoms with Gasteiger partial charge in [0.15, 0.2) is 0 Å². The van der Waals surface area contributed by atoms with Gasteiger partial charge in [0.1, 0.15) is 17.7 Å². The molecular formula is C37H49N3O4. The zero-order chi connectivity index (χ0) is 32.1. The van der Waals surface area contributed by atoms with Gasteiger partial charge in [-0.15, -0.1) is 0 Å². The molecule has 7 heteroatoms. The average Bonchev–Trinajstić information content (AvgIpc) is 2.99. The quantitative estimate of drug-likeness (QED) is 0.192. The van der Waals surface area contributed by atoms with Crippen molar-refractivity contribution >= 4 is 17.9 Å². The van der Waals surface area contributed by atoms with Gasteiger partial charge in [0.2, 0.25) is 11.8 Å². The third-order valence-corrected chi connectivity index (χ3v) is 7.62. The summed E-state index contributed by atoms with van der Waals surface area (Å²) in [6, 6.07) is 23.3. The van der Waals surface area contributed by atoms with Gasteiger partial charge in [0.05, 0.1) is 0 Å². The molecule has 236 valence electrons. The second-order valence-corrected chi connectivity index (χ2v) is 12.4. The van der Waals surface area contributed by atoms with Crippen molar-refractivity contribution in [3.8, 4) is 0 Å². The lowest BCUT2D eigenvalue weighted by Gasteiger charge is -2.35. The standard InChI is InChI=1S/C37H49N3O4/c1-7-8-9-16-24-40(35(42)32(25-29-19-12-10-13-20-29)39-36(43)44-37(4,5)6)33(31-23-17-18-27(2)28(31)3)34(41)38-26-30-21-14-11-15-22-30/h10-15,17-23,32-33H,7-9,16,24-26H2,1-6H3,(H,38,41)(H,39,43). The van der Waals surface area contributed by atoms with Gasteiger partial charge >= 0.3 is 6.09 Å². The monoisotopic (exact) mass is 599 g/mol. The Balaban J connectivity index is 2.06. The summed E-state index contributed by atoms with van der Waals surface area (Å²) >= 11 is 0. The van der Waals surface area contributed by atoms with Crippen LogP contribution in [0.25, 0.3) is 0 Å². The Morgan fingerprint density at radius 3 is 2.07 bits per heavy atom. The Morgan fingerprint density at radius 2 is 1.45 bits per heavy atom. The van der Waals surface area contributed by atoms with E-state index < -0.39 is 23.8 Å². The van der Waals surface area contributed by atoms with E-state index in [2.05, 4.69) is 17.6 Å². The number of amides is 3. The lowest BCUT2D eigenvalue weighted by atomic mass is 9.94. The van der Waals surface area contributed by atoms with Crippen LogP contribution in [-0.2, 0) is 27.3 Å². The normalized spacial score (nSPS) is 12.6. The van der Waals surface area contributed by atoms with Gasteiger partial charge in [-0.1, -0.05) is 105 Å². The molecule has 3 rings (SSSR count). The smallest absolute Gasteiger partial charge is 0.408 e. The van der Waals surface area contributed by atoms with E-state index in [4.69, 9.17) is 4.74 Å². The third-order valence-electron chi connectivity index (χ3n) is 7.62. The minimum absolute atomic E-state index is 0.259. The van der Waals surface area contributed by atoms with Gasteiger partial charge in [0, 0.05) is 19.5 Å². The van der Waals surface area contributed by atoms with E-state index in [1.165, 1.54) is 0 Å². The lowest BCUT2D eigenvalue weighted by molar-refractivity contribution is -0.142. The molecule has 2 atom stereocenters. The van der Waals surface area contributed by atoms with Crippen LogP contribution in [0.15, 0.2) is 78.9 Å². The summed E-state index contributed by atoms with van der Waals surface area (Å²) in [6.45, 7) is 12.2. The highest BCUT2D eigenvalue weighted by Gasteiger charge is 2.37. The molecule has 0 saturated heterocycles. The Hall–Kier alpha value is -4.13. The number of carbonyl (C=O) groups is 3. The zero-order valence-electron chi connectivity index (χ0n) is 27.2. The van der Waals surface area contributed by atoms with E-state index in [9.17, 15) is 14.4 Å². The molecule has 3 aromatic carbocycles. The molecule has 2 unspecified atom stereocenters. The summed E-state index contributed by atoms with van der Waals surface area (Å²) in [5.41, 5.74) is 3.89. The minimum Gasteiger partial charge on any atom is -0.444 e. The highest BCUT2D eigenvalue weighted by atomic mass is 16.6. The molecule has 0 aliphatic carbocycles. The fourth-order valence-corrected chi connectivity index (χ4v) is 5.18. The molecule has 0 saturated carbocycles. The number of benzene rings is 3. The number of ether oxygens (including phenoxy) is 1. The number of nitrogens with zero attached hydrogens (tertiary/aromatic N) is 1. The van der Waals surface area contributed by atoms with Crippen molar-refractivity contribution in [2.75, 3.05) is 6.54 Å². The van der Waals surface area contributed by atoms with Crippen molar-refractivity contribution in [2.24, 2.45) is 0 Å². The number of hydrogen-bond acceptors (Lipinski definition) is 4. The molecule has 0 fully saturated rings. The Morgan fingerprint density at radius 1 is 0.818 bits per heavy atom. The second kappa shape index (κ2) is 16.6. The molecule has 0 aromatic heterocycles. The number of aryl methyl sites for hydroxylation is 1. The lowest BCUT2D eigenvalue weighted by Crippen LogP contribution is -2.54. The molecular weight excluding hydrogens is 550 g/mol. The molecule has 3 aromatic rings. The van der Waals surface area contributed by atoms with Gasteiger partial charge in [-0.05, 0) is 68.9 Å². The molecule has 44 heavy (non-hydrogen) atoms. The van der Waals surface area contributed by atoms with Crippen molar-refractivity contribution in [3.63, 3.8) is 0 Å². The van der Waals surface area contributed by atoms with Gasteiger partial charge in [-0.2, -0.15) is 0 Å². The summed E-state index contributed by atoms with van der Waals surface area (Å²) in [7, 11) is 0. The van der Waals surface area contributed by atoms with Crippen LogP contribution in [0.3, 0.4) is 0 Å². The van der Waals surface area contributed by atoms with Crippen LogP contribution in [0.4, 0.5) is 4.79 Å². The molecule has 0 radical (unpaired) electrons. The number of nitrogens with one attached hydrogen (secondary N) is 2. The van der Waals surface area contributed by atoms with Crippen molar-refractivity contribution in [2.45, 2.75) is 97.9 Å². The summed E-state index contributed by atoms with van der Waals surface area (Å²) in [4.78, 5) is 43.6. The van der Waals surface area contributed by atoms with Gasteiger partial charge in [0.25, 0.3) is 0 Å². The van der Waals surface area contributed by atoms with E-state index >= 15 is 0 Å². The summed E-state index contributed by atoms with van der Waals surface area (Å²) in [5.74, 6) is -0.584. The fourth-order valence-electron chi connectivity index (χ4n) is 5.18. The van der Waals surface area contributed by atoms with E-state index in [-0.39, 0.29) is 18.2 Å². The first-order chi connectivity index (χ1) is 21.0. The SMILES string of the molecule is CCCCCCN(C(=O)C(Cc1ccccc1)NC(=O)OC(C)(C)C)C(C(=O)NCc1ccccc1)c1cccc(C)c1C. The highest BCUT2D eigenvalue weighted by molar-refractivity contribution is 5.92. The van der Waals surface area contributed by atoms with E-state index in [1.807, 2.05) is 92.7 Å². The molecule has 0 bridgehead atoms. The van der Waals surface area contributed by atoms with Crippen LogP contribution in [0.2, 0.25) is 0 Å². The molecule has 7 nitrogen and oxygen atoms in total. The Kier molecular flexibility index (Phi) is 13.0. The van der Waals surface area contributed by atoms with Crippen molar-refractivity contribution in [3.05, 3.63) is 107 Å². The topological polar surface area (TPSA) is 87.7 Å². The maximum Gasteiger partial charge on any atom is 0.408 e. The number of hydrogen-bond donors (Lipinski definition) is 2. The van der Waals surface area contributed by atoms with Crippen molar-refractivity contribution < 1.29 is 19.1 Å². The summed E-state index contributed by atoms with van der Waals surface area (Å²) in [6.07, 6.45) is 3.32. The van der Waals surface area contributed by atoms with Crippen LogP contribution < -0.4 is 10.6 Å². The van der Waals surface area contributed by atoms with E-state index in [0.717, 1.165) is 53.5 Å². The number of unbranched alkanes of at least 4 members (excludes halogenated alkanes) is 3. The first kappa shape index (κ1) is 34.4.